The van der Waals surface area contributed by atoms with E-state index < -0.39 is 0 Å². The van der Waals surface area contributed by atoms with Crippen LogP contribution in [0.25, 0.3) is 5.69 Å². The van der Waals surface area contributed by atoms with E-state index in [4.69, 9.17) is 16.7 Å². The molecule has 1 saturated heterocycles. The van der Waals surface area contributed by atoms with Gasteiger partial charge in [-0.15, -0.1) is 0 Å². The Labute approximate surface area is 153 Å². The molecule has 1 aliphatic carbocycles. The second kappa shape index (κ2) is 6.49. The molecule has 0 N–H and O–H groups in total. The number of aromatic nitrogens is 2. The van der Waals surface area contributed by atoms with Gasteiger partial charge < -0.3 is 4.90 Å². The third kappa shape index (κ3) is 3.08. The van der Waals surface area contributed by atoms with Crippen molar-refractivity contribution in [2.24, 2.45) is 0 Å². The fourth-order valence-corrected chi connectivity index (χ4v) is 3.83. The summed E-state index contributed by atoms with van der Waals surface area (Å²) < 4.78 is 1.97. The zero-order valence-electron chi connectivity index (χ0n) is 14.8. The molecule has 2 aromatic rings. The molecule has 0 bridgehead atoms. The predicted molar refractivity (Wildman–Crippen MR) is 99.8 cm³/mol. The number of halogens is 1. The van der Waals surface area contributed by atoms with Gasteiger partial charge in [0.15, 0.2) is 0 Å². The molecule has 0 unspecified atom stereocenters. The van der Waals surface area contributed by atoms with Crippen molar-refractivity contribution < 1.29 is 4.79 Å². The van der Waals surface area contributed by atoms with Crippen molar-refractivity contribution in [2.45, 2.75) is 51.4 Å². The van der Waals surface area contributed by atoms with Crippen LogP contribution >= 0.6 is 11.6 Å². The van der Waals surface area contributed by atoms with Gasteiger partial charge in [0, 0.05) is 24.0 Å². The highest BCUT2D eigenvalue weighted by molar-refractivity contribution is 6.30. The van der Waals surface area contributed by atoms with E-state index in [0.29, 0.717) is 10.9 Å². The zero-order valence-corrected chi connectivity index (χ0v) is 15.6. The van der Waals surface area contributed by atoms with Crippen LogP contribution in [0.4, 0.5) is 0 Å². The largest absolute Gasteiger partial charge is 0.339 e. The lowest BCUT2D eigenvalue weighted by Crippen LogP contribution is -2.29. The van der Waals surface area contributed by atoms with E-state index in [0.717, 1.165) is 61.4 Å². The smallest absolute Gasteiger partial charge is 0.257 e. The normalized spacial score (nSPS) is 17.5. The van der Waals surface area contributed by atoms with Crippen LogP contribution in [0, 0.1) is 0 Å². The number of carbonyl (C=O) groups excluding carboxylic acids is 1. The first kappa shape index (κ1) is 16.6. The molecule has 1 amide bonds. The number of hydrogen-bond donors (Lipinski definition) is 0. The molecule has 0 radical (unpaired) electrons. The molecule has 1 aliphatic heterocycles. The minimum atomic E-state index is 0.170. The van der Waals surface area contributed by atoms with Gasteiger partial charge in [0.1, 0.15) is 0 Å². The van der Waals surface area contributed by atoms with Crippen LogP contribution in [0.15, 0.2) is 24.3 Å². The van der Waals surface area contributed by atoms with Crippen molar-refractivity contribution >= 4 is 17.5 Å². The molecule has 2 aliphatic rings. The standard InChI is InChI=1S/C20H24ClN3O/c1-13(2)19-17(20(25)23-11-3-4-12-23)18(14-5-6-14)22-24(19)16-9-7-15(21)8-10-16/h7-10,13-14H,3-6,11-12H2,1-2H3. The summed E-state index contributed by atoms with van der Waals surface area (Å²) in [7, 11) is 0. The minimum absolute atomic E-state index is 0.170. The van der Waals surface area contributed by atoms with Gasteiger partial charge in [0.25, 0.3) is 5.91 Å². The molecule has 25 heavy (non-hydrogen) atoms. The van der Waals surface area contributed by atoms with Crippen molar-refractivity contribution in [1.82, 2.24) is 14.7 Å². The maximum atomic E-state index is 13.3. The molecule has 5 heteroatoms. The van der Waals surface area contributed by atoms with Crippen molar-refractivity contribution in [3.8, 4) is 5.69 Å². The highest BCUT2D eigenvalue weighted by Gasteiger charge is 2.37. The summed E-state index contributed by atoms with van der Waals surface area (Å²) in [6, 6.07) is 7.70. The van der Waals surface area contributed by atoms with Crippen LogP contribution in [0.3, 0.4) is 0 Å². The van der Waals surface area contributed by atoms with E-state index in [1.54, 1.807) is 0 Å². The van der Waals surface area contributed by atoms with E-state index >= 15 is 0 Å². The Morgan fingerprint density at radius 3 is 2.36 bits per heavy atom. The monoisotopic (exact) mass is 357 g/mol. The number of amides is 1. The predicted octanol–water partition coefficient (Wildman–Crippen LogP) is 4.76. The molecule has 2 fully saturated rings. The quantitative estimate of drug-likeness (QED) is 0.791. The van der Waals surface area contributed by atoms with Crippen molar-refractivity contribution in [2.75, 3.05) is 13.1 Å². The van der Waals surface area contributed by atoms with Gasteiger partial charge in [-0.2, -0.15) is 5.10 Å². The van der Waals surface area contributed by atoms with Gasteiger partial charge in [0.05, 0.1) is 22.6 Å². The van der Waals surface area contributed by atoms with Gasteiger partial charge in [-0.25, -0.2) is 4.68 Å². The zero-order chi connectivity index (χ0) is 17.6. The molecule has 4 rings (SSSR count). The molecular weight excluding hydrogens is 334 g/mol. The number of likely N-dealkylation sites (tertiary alicyclic amines) is 1. The Morgan fingerprint density at radius 2 is 1.80 bits per heavy atom. The van der Waals surface area contributed by atoms with Crippen molar-refractivity contribution in [3.05, 3.63) is 46.2 Å². The fourth-order valence-electron chi connectivity index (χ4n) is 3.70. The summed E-state index contributed by atoms with van der Waals surface area (Å²) in [5.41, 5.74) is 3.85. The van der Waals surface area contributed by atoms with E-state index in [2.05, 4.69) is 13.8 Å². The molecule has 4 nitrogen and oxygen atoms in total. The number of hydrogen-bond acceptors (Lipinski definition) is 2. The molecule has 0 spiro atoms. The van der Waals surface area contributed by atoms with E-state index in [1.165, 1.54) is 0 Å². The molecule has 1 saturated carbocycles. The lowest BCUT2D eigenvalue weighted by atomic mass is 10.0. The summed E-state index contributed by atoms with van der Waals surface area (Å²) >= 11 is 6.04. The molecule has 1 aromatic carbocycles. The van der Waals surface area contributed by atoms with Crippen LogP contribution in [0.1, 0.15) is 73.1 Å². The summed E-state index contributed by atoms with van der Waals surface area (Å²) in [4.78, 5) is 15.3. The third-order valence-corrected chi connectivity index (χ3v) is 5.39. The highest BCUT2D eigenvalue weighted by atomic mass is 35.5. The van der Waals surface area contributed by atoms with Gasteiger partial charge in [-0.05, 0) is 55.9 Å². The molecule has 2 heterocycles. The van der Waals surface area contributed by atoms with Crippen LogP contribution in [0.2, 0.25) is 5.02 Å². The Kier molecular flexibility index (Phi) is 4.32. The summed E-state index contributed by atoms with van der Waals surface area (Å²) in [5.74, 6) is 0.827. The van der Waals surface area contributed by atoms with Gasteiger partial charge in [-0.1, -0.05) is 25.4 Å². The lowest BCUT2D eigenvalue weighted by molar-refractivity contribution is 0.0790. The lowest BCUT2D eigenvalue weighted by Gasteiger charge is -2.18. The average molecular weight is 358 g/mol. The molecular formula is C20H24ClN3O. The van der Waals surface area contributed by atoms with Crippen molar-refractivity contribution in [3.63, 3.8) is 0 Å². The summed E-state index contributed by atoms with van der Waals surface area (Å²) in [6.45, 7) is 6.01. The second-order valence-corrected chi connectivity index (χ2v) is 7.90. The number of carbonyl (C=O) groups is 1. The van der Waals surface area contributed by atoms with Crippen LogP contribution in [0.5, 0.6) is 0 Å². The third-order valence-electron chi connectivity index (χ3n) is 5.14. The molecule has 1 aromatic heterocycles. The Hall–Kier alpha value is -1.81. The minimum Gasteiger partial charge on any atom is -0.339 e. The highest BCUT2D eigenvalue weighted by Crippen LogP contribution is 2.43. The van der Waals surface area contributed by atoms with Gasteiger partial charge >= 0.3 is 0 Å². The molecule has 0 atom stereocenters. The first-order valence-corrected chi connectivity index (χ1v) is 9.62. The van der Waals surface area contributed by atoms with Crippen LogP contribution in [-0.2, 0) is 0 Å². The van der Waals surface area contributed by atoms with Crippen LogP contribution in [-0.4, -0.2) is 33.7 Å². The van der Waals surface area contributed by atoms with Crippen molar-refractivity contribution in [1.29, 1.82) is 0 Å². The number of rotatable bonds is 4. The topological polar surface area (TPSA) is 38.1 Å². The maximum Gasteiger partial charge on any atom is 0.257 e. The van der Waals surface area contributed by atoms with E-state index in [-0.39, 0.29) is 11.8 Å². The number of benzene rings is 1. The van der Waals surface area contributed by atoms with E-state index in [1.807, 2.05) is 33.8 Å². The van der Waals surface area contributed by atoms with Gasteiger partial charge in [-0.3, -0.25) is 4.79 Å². The second-order valence-electron chi connectivity index (χ2n) is 7.46. The Balaban J connectivity index is 1.86. The SMILES string of the molecule is CC(C)c1c(C(=O)N2CCCC2)c(C2CC2)nn1-c1ccc(Cl)cc1. The fraction of sp³-hybridized carbons (Fsp3) is 0.500. The van der Waals surface area contributed by atoms with Crippen LogP contribution < -0.4 is 0 Å². The summed E-state index contributed by atoms with van der Waals surface area (Å²) in [6.07, 6.45) is 4.48. The Morgan fingerprint density at radius 1 is 1.16 bits per heavy atom. The van der Waals surface area contributed by atoms with Gasteiger partial charge in [0.2, 0.25) is 0 Å². The number of nitrogens with zero attached hydrogens (tertiary/aromatic N) is 3. The Bertz CT molecular complexity index is 784. The summed E-state index contributed by atoms with van der Waals surface area (Å²) in [5, 5.41) is 5.62. The average Bonchev–Trinajstić information content (AvgIpc) is 3.14. The molecule has 132 valence electrons. The van der Waals surface area contributed by atoms with E-state index in [9.17, 15) is 4.79 Å². The maximum absolute atomic E-state index is 13.3. The first-order valence-electron chi connectivity index (χ1n) is 9.24. The first-order chi connectivity index (χ1) is 12.1.